The highest BCUT2D eigenvalue weighted by molar-refractivity contribution is 9.10. The molecule has 0 amide bonds. The number of hydrogen-bond acceptors (Lipinski definition) is 2. The highest BCUT2D eigenvalue weighted by Gasteiger charge is 2.06. The average Bonchev–Trinajstić information content (AvgIpc) is 2.66. The van der Waals surface area contributed by atoms with E-state index in [1.54, 1.807) is 10.7 Å². The normalized spacial score (nSPS) is 11.3. The summed E-state index contributed by atoms with van der Waals surface area (Å²) in [6, 6.07) is 7.84. The molecule has 0 bridgehead atoms. The zero-order valence-electron chi connectivity index (χ0n) is 7.48. The van der Waals surface area contributed by atoms with E-state index in [-0.39, 0.29) is 0 Å². The van der Waals surface area contributed by atoms with E-state index < -0.39 is 0 Å². The topological polar surface area (TPSA) is 30.2 Å². The van der Waals surface area contributed by atoms with Gasteiger partial charge in [-0.2, -0.15) is 5.10 Å². The first-order valence-corrected chi connectivity index (χ1v) is 5.51. The van der Waals surface area contributed by atoms with Gasteiger partial charge < -0.3 is 0 Å². The highest BCUT2D eigenvalue weighted by atomic mass is 79.9. The molecule has 5 heteroatoms. The molecule has 2 aromatic heterocycles. The van der Waals surface area contributed by atoms with Crippen LogP contribution in [-0.2, 0) is 0 Å². The van der Waals surface area contributed by atoms with Crippen molar-refractivity contribution in [3.8, 4) is 0 Å². The van der Waals surface area contributed by atoms with Crippen LogP contribution in [0.1, 0.15) is 0 Å². The minimum atomic E-state index is 0.376. The van der Waals surface area contributed by atoms with Gasteiger partial charge in [0.2, 0.25) is 5.28 Å². The molecule has 15 heavy (non-hydrogen) atoms. The molecule has 1 aromatic carbocycles. The lowest BCUT2D eigenvalue weighted by atomic mass is 10.2. The van der Waals surface area contributed by atoms with E-state index in [0.717, 1.165) is 20.9 Å². The van der Waals surface area contributed by atoms with Crippen LogP contribution in [0.5, 0.6) is 0 Å². The standard InChI is InChI=1S/C10H5BrClN3/c11-6-1-2-7-8(5-6)14-10(12)15-9(7)3-4-13-15/h1-5H. The van der Waals surface area contributed by atoms with Crippen LogP contribution in [0.2, 0.25) is 5.28 Å². The quantitative estimate of drug-likeness (QED) is 0.592. The minimum absolute atomic E-state index is 0.376. The molecular weight excluding hydrogens is 277 g/mol. The molecule has 0 atom stereocenters. The Bertz CT molecular complexity index is 662. The molecule has 0 aliphatic heterocycles. The number of nitrogens with zero attached hydrogens (tertiary/aromatic N) is 3. The third-order valence-electron chi connectivity index (χ3n) is 2.27. The second kappa shape index (κ2) is 3.18. The van der Waals surface area contributed by atoms with Crippen LogP contribution in [0.3, 0.4) is 0 Å². The van der Waals surface area contributed by atoms with Gasteiger partial charge in [0.1, 0.15) is 0 Å². The summed E-state index contributed by atoms with van der Waals surface area (Å²) >= 11 is 9.41. The van der Waals surface area contributed by atoms with E-state index in [9.17, 15) is 0 Å². The van der Waals surface area contributed by atoms with Crippen molar-refractivity contribution in [2.24, 2.45) is 0 Å². The number of fused-ring (bicyclic) bond motifs is 3. The lowest BCUT2D eigenvalue weighted by Crippen LogP contribution is -1.93. The van der Waals surface area contributed by atoms with Crippen molar-refractivity contribution in [2.75, 3.05) is 0 Å². The van der Waals surface area contributed by atoms with Gasteiger partial charge in [0.25, 0.3) is 0 Å². The third kappa shape index (κ3) is 1.33. The summed E-state index contributed by atoms with van der Waals surface area (Å²) in [5.74, 6) is 0. The molecular formula is C10H5BrClN3. The first-order chi connectivity index (χ1) is 7.25. The Kier molecular flexibility index (Phi) is 1.94. The zero-order chi connectivity index (χ0) is 10.4. The van der Waals surface area contributed by atoms with Crippen LogP contribution in [0.4, 0.5) is 0 Å². The van der Waals surface area contributed by atoms with Crippen LogP contribution >= 0.6 is 27.5 Å². The van der Waals surface area contributed by atoms with Gasteiger partial charge in [-0.25, -0.2) is 9.50 Å². The van der Waals surface area contributed by atoms with Gasteiger partial charge in [-0.1, -0.05) is 15.9 Å². The Balaban J connectivity index is 2.60. The van der Waals surface area contributed by atoms with Gasteiger partial charge in [-0.3, -0.25) is 0 Å². The van der Waals surface area contributed by atoms with Crippen molar-refractivity contribution in [3.05, 3.63) is 40.2 Å². The molecule has 0 aliphatic rings. The van der Waals surface area contributed by atoms with Gasteiger partial charge in [-0.15, -0.1) is 0 Å². The fourth-order valence-corrected chi connectivity index (χ4v) is 2.19. The fraction of sp³-hybridized carbons (Fsp3) is 0. The van der Waals surface area contributed by atoms with E-state index >= 15 is 0 Å². The van der Waals surface area contributed by atoms with Crippen LogP contribution in [0.25, 0.3) is 16.4 Å². The van der Waals surface area contributed by atoms with Crippen molar-refractivity contribution in [1.82, 2.24) is 14.6 Å². The smallest absolute Gasteiger partial charge is 0.218 e. The number of benzene rings is 1. The summed E-state index contributed by atoms with van der Waals surface area (Å²) in [5.41, 5.74) is 1.83. The third-order valence-corrected chi connectivity index (χ3v) is 3.00. The molecule has 2 heterocycles. The van der Waals surface area contributed by atoms with E-state index in [1.807, 2.05) is 24.3 Å². The Morgan fingerprint density at radius 2 is 2.13 bits per heavy atom. The summed E-state index contributed by atoms with van der Waals surface area (Å²) in [5, 5.41) is 5.52. The Morgan fingerprint density at radius 3 is 3.00 bits per heavy atom. The summed E-state index contributed by atoms with van der Waals surface area (Å²) in [7, 11) is 0. The minimum Gasteiger partial charge on any atom is -0.218 e. The number of rotatable bonds is 0. The molecule has 74 valence electrons. The predicted octanol–water partition coefficient (Wildman–Crippen LogP) is 3.30. The molecule has 0 unspecified atom stereocenters. The highest BCUT2D eigenvalue weighted by Crippen LogP contribution is 2.24. The SMILES string of the molecule is Clc1nc2cc(Br)ccc2c2ccnn12. The number of halogens is 2. The maximum absolute atomic E-state index is 6.00. The molecule has 0 fully saturated rings. The maximum atomic E-state index is 6.00. The predicted molar refractivity (Wildman–Crippen MR) is 63.2 cm³/mol. The molecule has 0 N–H and O–H groups in total. The largest absolute Gasteiger partial charge is 0.224 e. The molecule has 0 saturated heterocycles. The molecule has 0 spiro atoms. The summed E-state index contributed by atoms with van der Waals surface area (Å²) in [6.45, 7) is 0. The van der Waals surface area contributed by atoms with Crippen molar-refractivity contribution in [3.63, 3.8) is 0 Å². The lowest BCUT2D eigenvalue weighted by Gasteiger charge is -2.02. The van der Waals surface area contributed by atoms with Gasteiger partial charge in [0.15, 0.2) is 0 Å². The van der Waals surface area contributed by atoms with Crippen molar-refractivity contribution >= 4 is 44.0 Å². The monoisotopic (exact) mass is 281 g/mol. The Morgan fingerprint density at radius 1 is 1.27 bits per heavy atom. The number of hydrogen-bond donors (Lipinski definition) is 0. The first-order valence-electron chi connectivity index (χ1n) is 4.34. The van der Waals surface area contributed by atoms with Crippen LogP contribution in [-0.4, -0.2) is 14.6 Å². The summed E-state index contributed by atoms with van der Waals surface area (Å²) < 4.78 is 2.61. The first kappa shape index (κ1) is 9.12. The van der Waals surface area contributed by atoms with Gasteiger partial charge in [-0.05, 0) is 35.9 Å². The van der Waals surface area contributed by atoms with Crippen molar-refractivity contribution in [2.45, 2.75) is 0 Å². The van der Waals surface area contributed by atoms with Crippen LogP contribution < -0.4 is 0 Å². The molecule has 0 aliphatic carbocycles. The molecule has 3 rings (SSSR count). The Labute approximate surface area is 98.8 Å². The maximum Gasteiger partial charge on any atom is 0.224 e. The van der Waals surface area contributed by atoms with Crippen molar-refractivity contribution < 1.29 is 0 Å². The summed E-state index contributed by atoms with van der Waals surface area (Å²) in [6.07, 6.45) is 1.71. The van der Waals surface area contributed by atoms with E-state index in [1.165, 1.54) is 0 Å². The van der Waals surface area contributed by atoms with Gasteiger partial charge >= 0.3 is 0 Å². The second-order valence-electron chi connectivity index (χ2n) is 3.17. The Hall–Kier alpha value is -1.13. The van der Waals surface area contributed by atoms with Crippen molar-refractivity contribution in [1.29, 1.82) is 0 Å². The average molecular weight is 283 g/mol. The van der Waals surface area contributed by atoms with Crippen LogP contribution in [0.15, 0.2) is 34.9 Å². The molecule has 3 aromatic rings. The van der Waals surface area contributed by atoms with E-state index in [0.29, 0.717) is 5.28 Å². The molecule has 3 nitrogen and oxygen atoms in total. The van der Waals surface area contributed by atoms with Crippen LogP contribution in [0, 0.1) is 0 Å². The zero-order valence-corrected chi connectivity index (χ0v) is 9.83. The van der Waals surface area contributed by atoms with Gasteiger partial charge in [0, 0.05) is 9.86 Å². The number of aromatic nitrogens is 3. The summed E-state index contributed by atoms with van der Waals surface area (Å²) in [4.78, 5) is 4.27. The lowest BCUT2D eigenvalue weighted by molar-refractivity contribution is 0.935. The van der Waals surface area contributed by atoms with Gasteiger partial charge in [0.05, 0.1) is 17.2 Å². The fourth-order valence-electron chi connectivity index (χ4n) is 1.61. The van der Waals surface area contributed by atoms with E-state index in [2.05, 4.69) is 26.0 Å². The molecule has 0 radical (unpaired) electrons. The molecule has 0 saturated carbocycles. The second-order valence-corrected chi connectivity index (χ2v) is 4.42. The van der Waals surface area contributed by atoms with E-state index in [4.69, 9.17) is 11.6 Å².